The van der Waals surface area contributed by atoms with Crippen LogP contribution in [0.4, 0.5) is 5.69 Å². The number of aryl methyl sites for hydroxylation is 3. The maximum atomic E-state index is 13.2. The average molecular weight is 414 g/mol. The molecule has 3 aromatic rings. The summed E-state index contributed by atoms with van der Waals surface area (Å²) in [5.74, 6) is 0.643. The van der Waals surface area contributed by atoms with Gasteiger partial charge in [0.1, 0.15) is 11.1 Å². The summed E-state index contributed by atoms with van der Waals surface area (Å²) in [7, 11) is 0. The Morgan fingerprint density at radius 1 is 1.14 bits per heavy atom. The Balaban J connectivity index is 1.68. The zero-order valence-electron chi connectivity index (χ0n) is 15.7. The number of thioether (sulfide) groups is 1. The fraction of sp³-hybridized carbons (Fsp3) is 0.250. The molecule has 4 rings (SSSR count). The van der Waals surface area contributed by atoms with Crippen molar-refractivity contribution in [2.45, 2.75) is 37.2 Å². The normalized spacial score (nSPS) is 18.3. The number of benzene rings is 2. The summed E-state index contributed by atoms with van der Waals surface area (Å²) in [4.78, 5) is 13.2. The van der Waals surface area contributed by atoms with Crippen LogP contribution in [0, 0.1) is 20.8 Å². The second kappa shape index (κ2) is 7.48. The number of fused-ring (bicyclic) bond motifs is 1. The highest BCUT2D eigenvalue weighted by Gasteiger charge is 2.37. The summed E-state index contributed by atoms with van der Waals surface area (Å²) in [6, 6.07) is 13.4. The van der Waals surface area contributed by atoms with Gasteiger partial charge in [0.15, 0.2) is 0 Å². The molecule has 0 aliphatic carbocycles. The lowest BCUT2D eigenvalue weighted by atomic mass is 10.0. The molecule has 0 spiro atoms. The van der Waals surface area contributed by atoms with Crippen molar-refractivity contribution >= 4 is 35.0 Å². The Kier molecular flexibility index (Phi) is 5.03. The van der Waals surface area contributed by atoms with Crippen LogP contribution >= 0.6 is 23.4 Å². The van der Waals surface area contributed by atoms with Crippen LogP contribution in [-0.2, 0) is 4.79 Å². The van der Waals surface area contributed by atoms with Gasteiger partial charge in [-0.3, -0.25) is 4.79 Å². The van der Waals surface area contributed by atoms with E-state index in [9.17, 15) is 4.79 Å². The van der Waals surface area contributed by atoms with E-state index < -0.39 is 5.25 Å². The lowest BCUT2D eigenvalue weighted by Gasteiger charge is -2.33. The number of halogens is 1. The first-order chi connectivity index (χ1) is 13.4. The Labute approximate surface area is 172 Å². The van der Waals surface area contributed by atoms with E-state index in [0.717, 1.165) is 17.0 Å². The monoisotopic (exact) mass is 413 g/mol. The lowest BCUT2D eigenvalue weighted by Crippen LogP contribution is -2.41. The highest BCUT2D eigenvalue weighted by atomic mass is 35.5. The standard InChI is InChI=1S/C20H20ClN5OS/c1-11-4-7-14(8-5-11)17-18(28-20-24-23-13(3)26(20)25-17)19(27)22-16-10-15(21)9-6-12(16)2/h4-10,17-18,25H,1-3H3,(H,22,27)/t17-,18+/m1/s1. The van der Waals surface area contributed by atoms with Gasteiger partial charge in [-0.05, 0) is 44.0 Å². The molecule has 0 bridgehead atoms. The van der Waals surface area contributed by atoms with Crippen LogP contribution in [0.2, 0.25) is 5.02 Å². The van der Waals surface area contributed by atoms with Crippen LogP contribution in [0.3, 0.4) is 0 Å². The van der Waals surface area contributed by atoms with Crippen molar-refractivity contribution < 1.29 is 4.79 Å². The topological polar surface area (TPSA) is 71.8 Å². The molecule has 2 N–H and O–H groups in total. The number of amides is 1. The first-order valence-corrected chi connectivity index (χ1v) is 10.2. The van der Waals surface area contributed by atoms with Crippen molar-refractivity contribution in [3.05, 3.63) is 70.0 Å². The van der Waals surface area contributed by atoms with E-state index in [2.05, 4.69) is 20.9 Å². The van der Waals surface area contributed by atoms with Crippen molar-refractivity contribution in [1.29, 1.82) is 0 Å². The van der Waals surface area contributed by atoms with Gasteiger partial charge >= 0.3 is 0 Å². The number of rotatable bonds is 3. The Morgan fingerprint density at radius 2 is 1.89 bits per heavy atom. The molecular weight excluding hydrogens is 394 g/mol. The molecule has 1 aliphatic heterocycles. The molecule has 1 amide bonds. The molecule has 144 valence electrons. The van der Waals surface area contributed by atoms with Crippen LogP contribution in [0.25, 0.3) is 0 Å². The van der Waals surface area contributed by atoms with Crippen molar-refractivity contribution in [3.63, 3.8) is 0 Å². The Morgan fingerprint density at radius 3 is 2.64 bits per heavy atom. The van der Waals surface area contributed by atoms with Gasteiger partial charge in [0, 0.05) is 10.7 Å². The zero-order valence-corrected chi connectivity index (χ0v) is 17.3. The minimum atomic E-state index is -0.419. The number of anilines is 1. The van der Waals surface area contributed by atoms with E-state index in [1.54, 1.807) is 6.07 Å². The van der Waals surface area contributed by atoms with Crippen LogP contribution in [0.15, 0.2) is 47.6 Å². The molecule has 1 aliphatic rings. The fourth-order valence-corrected chi connectivity index (χ4v) is 4.41. The van der Waals surface area contributed by atoms with Gasteiger partial charge < -0.3 is 10.7 Å². The second-order valence-corrected chi connectivity index (χ2v) is 8.41. The molecule has 6 nitrogen and oxygen atoms in total. The van der Waals surface area contributed by atoms with Gasteiger partial charge in [0.2, 0.25) is 11.1 Å². The predicted octanol–water partition coefficient (Wildman–Crippen LogP) is 4.25. The highest BCUT2D eigenvalue weighted by Crippen LogP contribution is 2.37. The zero-order chi connectivity index (χ0) is 19.8. The molecule has 28 heavy (non-hydrogen) atoms. The third-order valence-electron chi connectivity index (χ3n) is 4.75. The molecule has 0 unspecified atom stereocenters. The maximum absolute atomic E-state index is 13.2. The number of carbonyl (C=O) groups excluding carboxylic acids is 1. The minimum absolute atomic E-state index is 0.111. The number of nitrogens with zero attached hydrogens (tertiary/aromatic N) is 3. The smallest absolute Gasteiger partial charge is 0.240 e. The van der Waals surface area contributed by atoms with E-state index in [4.69, 9.17) is 11.6 Å². The van der Waals surface area contributed by atoms with E-state index in [-0.39, 0.29) is 11.9 Å². The van der Waals surface area contributed by atoms with Crippen molar-refractivity contribution in [3.8, 4) is 0 Å². The van der Waals surface area contributed by atoms with Crippen LogP contribution < -0.4 is 10.7 Å². The molecule has 0 radical (unpaired) electrons. The maximum Gasteiger partial charge on any atom is 0.240 e. The summed E-state index contributed by atoms with van der Waals surface area (Å²) in [5.41, 5.74) is 7.27. The Bertz CT molecular complexity index is 1030. The molecule has 2 atom stereocenters. The lowest BCUT2D eigenvalue weighted by molar-refractivity contribution is -0.116. The van der Waals surface area contributed by atoms with Crippen LogP contribution in [0.5, 0.6) is 0 Å². The predicted molar refractivity (Wildman–Crippen MR) is 113 cm³/mol. The number of carbonyl (C=O) groups is 1. The van der Waals surface area contributed by atoms with E-state index in [1.165, 1.54) is 17.3 Å². The molecule has 1 aromatic heterocycles. The number of hydrogen-bond acceptors (Lipinski definition) is 5. The molecular formula is C20H20ClN5OS. The fourth-order valence-electron chi connectivity index (χ4n) is 3.12. The van der Waals surface area contributed by atoms with Gasteiger partial charge in [-0.2, -0.15) is 0 Å². The van der Waals surface area contributed by atoms with Gasteiger partial charge in [-0.1, -0.05) is 59.3 Å². The molecule has 0 saturated heterocycles. The van der Waals surface area contributed by atoms with Gasteiger partial charge in [0.25, 0.3) is 0 Å². The van der Waals surface area contributed by atoms with Crippen LogP contribution in [-0.4, -0.2) is 26.0 Å². The number of nitrogens with one attached hydrogen (secondary N) is 2. The summed E-state index contributed by atoms with van der Waals surface area (Å²) < 4.78 is 1.84. The van der Waals surface area contributed by atoms with Crippen molar-refractivity contribution in [2.24, 2.45) is 0 Å². The number of hydrogen-bond donors (Lipinski definition) is 2. The molecule has 0 saturated carbocycles. The van der Waals surface area contributed by atoms with Gasteiger partial charge in [-0.25, -0.2) is 4.68 Å². The van der Waals surface area contributed by atoms with E-state index in [1.807, 2.05) is 61.8 Å². The molecule has 8 heteroatoms. The molecule has 2 heterocycles. The third kappa shape index (κ3) is 3.59. The van der Waals surface area contributed by atoms with Gasteiger partial charge in [-0.15, -0.1) is 10.2 Å². The van der Waals surface area contributed by atoms with Gasteiger partial charge in [0.05, 0.1) is 6.04 Å². The minimum Gasteiger partial charge on any atom is -0.325 e. The first-order valence-electron chi connectivity index (χ1n) is 8.91. The highest BCUT2D eigenvalue weighted by molar-refractivity contribution is 8.00. The number of aromatic nitrogens is 3. The Hall–Kier alpha value is -2.51. The summed E-state index contributed by atoms with van der Waals surface area (Å²) in [6.45, 7) is 5.86. The van der Waals surface area contributed by atoms with Crippen molar-refractivity contribution in [1.82, 2.24) is 14.9 Å². The summed E-state index contributed by atoms with van der Waals surface area (Å²) in [6.07, 6.45) is 0. The first kappa shape index (κ1) is 18.8. The van der Waals surface area contributed by atoms with Crippen molar-refractivity contribution in [2.75, 3.05) is 10.7 Å². The third-order valence-corrected chi connectivity index (χ3v) is 6.20. The second-order valence-electron chi connectivity index (χ2n) is 6.87. The summed E-state index contributed by atoms with van der Waals surface area (Å²) in [5, 5.41) is 12.2. The average Bonchev–Trinajstić information content (AvgIpc) is 3.04. The SMILES string of the molecule is Cc1ccc([C@H]2Nn3c(C)nnc3S[C@@H]2C(=O)Nc2cc(Cl)ccc2C)cc1. The molecule has 0 fully saturated rings. The van der Waals surface area contributed by atoms with Crippen LogP contribution in [0.1, 0.15) is 28.6 Å². The molecule has 2 aromatic carbocycles. The van der Waals surface area contributed by atoms with E-state index >= 15 is 0 Å². The summed E-state index contributed by atoms with van der Waals surface area (Å²) >= 11 is 7.51. The largest absolute Gasteiger partial charge is 0.325 e. The van der Waals surface area contributed by atoms with E-state index in [0.29, 0.717) is 15.9 Å². The quantitative estimate of drug-likeness (QED) is 0.671.